The minimum absolute atomic E-state index is 0.157. The van der Waals surface area contributed by atoms with E-state index in [1.54, 1.807) is 0 Å². The molecule has 1 aromatic rings. The predicted octanol–water partition coefficient (Wildman–Crippen LogP) is 2.21. The molecule has 1 amide bonds. The van der Waals surface area contributed by atoms with Crippen LogP contribution in [0.2, 0.25) is 0 Å². The van der Waals surface area contributed by atoms with E-state index in [1.165, 1.54) is 5.56 Å². The van der Waals surface area contributed by atoms with Crippen LogP contribution >= 0.6 is 0 Å². The molecule has 0 aliphatic carbocycles. The lowest BCUT2D eigenvalue weighted by molar-refractivity contribution is -0.129. The van der Waals surface area contributed by atoms with Crippen molar-refractivity contribution in [3.63, 3.8) is 0 Å². The molecule has 0 spiro atoms. The van der Waals surface area contributed by atoms with Crippen molar-refractivity contribution in [1.29, 1.82) is 0 Å². The molecule has 1 N–H and O–H groups in total. The van der Waals surface area contributed by atoms with Crippen LogP contribution in [0.4, 0.5) is 0 Å². The third-order valence-electron chi connectivity index (χ3n) is 3.76. The van der Waals surface area contributed by atoms with Gasteiger partial charge in [0.15, 0.2) is 0 Å². The lowest BCUT2D eigenvalue weighted by Gasteiger charge is -2.33. The number of nitrogens with zero attached hydrogens (tertiary/aromatic N) is 2. The van der Waals surface area contributed by atoms with E-state index in [9.17, 15) is 4.79 Å². The van der Waals surface area contributed by atoms with Crippen LogP contribution in [0.25, 0.3) is 0 Å². The quantitative estimate of drug-likeness (QED) is 0.920. The Hall–Kier alpha value is -1.42. The van der Waals surface area contributed by atoms with E-state index in [-0.39, 0.29) is 11.3 Å². The molecule has 2 heterocycles. The van der Waals surface area contributed by atoms with E-state index in [0.29, 0.717) is 6.04 Å². The molecule has 110 valence electrons. The summed E-state index contributed by atoms with van der Waals surface area (Å²) in [6.45, 7) is 8.93. The molecule has 4 nitrogen and oxygen atoms in total. The first-order valence-corrected chi connectivity index (χ1v) is 7.37. The lowest BCUT2D eigenvalue weighted by Crippen LogP contribution is -2.47. The second-order valence-corrected chi connectivity index (χ2v) is 6.63. The van der Waals surface area contributed by atoms with Gasteiger partial charge >= 0.3 is 0 Å². The van der Waals surface area contributed by atoms with Gasteiger partial charge in [-0.25, -0.2) is 0 Å². The molecule has 0 atom stereocenters. The number of pyridine rings is 1. The SMILES string of the molecule is CC(C)(C)C(=O)NC1CCN(Cc2ccncc2)CC1. The largest absolute Gasteiger partial charge is 0.353 e. The predicted molar refractivity (Wildman–Crippen MR) is 80.1 cm³/mol. The molecule has 1 aliphatic rings. The van der Waals surface area contributed by atoms with Gasteiger partial charge in [-0.15, -0.1) is 0 Å². The fourth-order valence-corrected chi connectivity index (χ4v) is 2.38. The van der Waals surface area contributed by atoms with Crippen molar-refractivity contribution in [2.45, 2.75) is 46.2 Å². The molecule has 1 aromatic heterocycles. The summed E-state index contributed by atoms with van der Waals surface area (Å²) in [6.07, 6.45) is 5.75. The summed E-state index contributed by atoms with van der Waals surface area (Å²) >= 11 is 0. The van der Waals surface area contributed by atoms with Crippen molar-refractivity contribution in [2.24, 2.45) is 5.41 Å². The first-order valence-electron chi connectivity index (χ1n) is 7.37. The maximum atomic E-state index is 12.0. The highest BCUT2D eigenvalue weighted by molar-refractivity contribution is 5.81. The third kappa shape index (κ3) is 4.30. The van der Waals surface area contributed by atoms with Gasteiger partial charge in [-0.3, -0.25) is 14.7 Å². The number of piperidine rings is 1. The summed E-state index contributed by atoms with van der Waals surface area (Å²) in [5.41, 5.74) is 1.01. The van der Waals surface area contributed by atoms with E-state index in [0.717, 1.165) is 32.5 Å². The first kappa shape index (κ1) is 15.0. The first-order chi connectivity index (χ1) is 9.45. The fourth-order valence-electron chi connectivity index (χ4n) is 2.38. The molecule has 0 radical (unpaired) electrons. The molecule has 0 bridgehead atoms. The van der Waals surface area contributed by atoms with E-state index in [1.807, 2.05) is 33.2 Å². The summed E-state index contributed by atoms with van der Waals surface area (Å²) < 4.78 is 0. The van der Waals surface area contributed by atoms with Crippen molar-refractivity contribution < 1.29 is 4.79 Å². The zero-order valence-electron chi connectivity index (χ0n) is 12.7. The van der Waals surface area contributed by atoms with Crippen LogP contribution in [-0.4, -0.2) is 34.9 Å². The van der Waals surface area contributed by atoms with E-state index < -0.39 is 0 Å². The van der Waals surface area contributed by atoms with Crippen molar-refractivity contribution in [3.05, 3.63) is 30.1 Å². The van der Waals surface area contributed by atoms with Gasteiger partial charge in [0.05, 0.1) is 0 Å². The molecule has 4 heteroatoms. The molecule has 0 saturated carbocycles. The number of likely N-dealkylation sites (tertiary alicyclic amines) is 1. The summed E-state index contributed by atoms with van der Waals surface area (Å²) in [4.78, 5) is 18.5. The van der Waals surface area contributed by atoms with Crippen LogP contribution in [0.1, 0.15) is 39.2 Å². The molecule has 1 saturated heterocycles. The molecular formula is C16H25N3O. The summed E-state index contributed by atoms with van der Waals surface area (Å²) in [5, 5.41) is 3.17. The van der Waals surface area contributed by atoms with Crippen molar-refractivity contribution >= 4 is 5.91 Å². The average molecular weight is 275 g/mol. The highest BCUT2D eigenvalue weighted by atomic mass is 16.2. The summed E-state index contributed by atoms with van der Waals surface area (Å²) in [6, 6.07) is 4.46. The van der Waals surface area contributed by atoms with Crippen molar-refractivity contribution in [1.82, 2.24) is 15.2 Å². The van der Waals surface area contributed by atoms with Crippen molar-refractivity contribution in [3.8, 4) is 0 Å². The van der Waals surface area contributed by atoms with Gasteiger partial charge in [0.1, 0.15) is 0 Å². The van der Waals surface area contributed by atoms with Gasteiger partial charge in [-0.2, -0.15) is 0 Å². The zero-order chi connectivity index (χ0) is 14.6. The fraction of sp³-hybridized carbons (Fsp3) is 0.625. The highest BCUT2D eigenvalue weighted by Crippen LogP contribution is 2.17. The van der Waals surface area contributed by atoms with Gasteiger partial charge in [0.25, 0.3) is 0 Å². The van der Waals surface area contributed by atoms with Crippen molar-refractivity contribution in [2.75, 3.05) is 13.1 Å². The number of rotatable bonds is 3. The summed E-state index contributed by atoms with van der Waals surface area (Å²) in [5.74, 6) is 0.157. The van der Waals surface area contributed by atoms with Gasteiger partial charge in [-0.1, -0.05) is 20.8 Å². The lowest BCUT2D eigenvalue weighted by atomic mass is 9.94. The Balaban J connectivity index is 1.77. The third-order valence-corrected chi connectivity index (χ3v) is 3.76. The molecule has 1 aliphatic heterocycles. The summed E-state index contributed by atoms with van der Waals surface area (Å²) in [7, 11) is 0. The Labute approximate surface area is 121 Å². The molecule has 1 fully saturated rings. The average Bonchev–Trinajstić information content (AvgIpc) is 2.41. The van der Waals surface area contributed by atoms with Crippen LogP contribution in [0.3, 0.4) is 0 Å². The minimum atomic E-state index is -0.297. The van der Waals surface area contributed by atoms with E-state index in [2.05, 4.69) is 27.3 Å². The van der Waals surface area contributed by atoms with Crippen LogP contribution in [0.5, 0.6) is 0 Å². The number of nitrogens with one attached hydrogen (secondary N) is 1. The Morgan fingerprint density at radius 3 is 2.45 bits per heavy atom. The number of amides is 1. The smallest absolute Gasteiger partial charge is 0.225 e. The number of hydrogen-bond donors (Lipinski definition) is 1. The van der Waals surface area contributed by atoms with Crippen LogP contribution in [-0.2, 0) is 11.3 Å². The maximum Gasteiger partial charge on any atom is 0.225 e. The molecule has 20 heavy (non-hydrogen) atoms. The van der Waals surface area contributed by atoms with Gasteiger partial charge in [0, 0.05) is 43.5 Å². The maximum absolute atomic E-state index is 12.0. The topological polar surface area (TPSA) is 45.2 Å². The zero-order valence-corrected chi connectivity index (χ0v) is 12.7. The van der Waals surface area contributed by atoms with Crippen LogP contribution in [0, 0.1) is 5.41 Å². The number of carbonyl (C=O) groups is 1. The standard InChI is InChI=1S/C16H25N3O/c1-16(2,3)15(20)18-14-6-10-19(11-7-14)12-13-4-8-17-9-5-13/h4-5,8-9,14H,6-7,10-12H2,1-3H3,(H,18,20). The minimum Gasteiger partial charge on any atom is -0.353 e. The van der Waals surface area contributed by atoms with Gasteiger partial charge in [-0.05, 0) is 30.5 Å². The molecule has 0 aromatic carbocycles. The van der Waals surface area contributed by atoms with Gasteiger partial charge in [0.2, 0.25) is 5.91 Å². The second kappa shape index (κ2) is 6.35. The Morgan fingerprint density at radius 1 is 1.30 bits per heavy atom. The highest BCUT2D eigenvalue weighted by Gasteiger charge is 2.26. The Bertz CT molecular complexity index is 431. The number of carbonyl (C=O) groups excluding carboxylic acids is 1. The Kier molecular flexibility index (Phi) is 4.76. The monoisotopic (exact) mass is 275 g/mol. The normalized spacial score (nSPS) is 17.9. The Morgan fingerprint density at radius 2 is 1.90 bits per heavy atom. The van der Waals surface area contributed by atoms with E-state index >= 15 is 0 Å². The van der Waals surface area contributed by atoms with Crippen LogP contribution < -0.4 is 5.32 Å². The number of hydrogen-bond acceptors (Lipinski definition) is 3. The van der Waals surface area contributed by atoms with Crippen LogP contribution in [0.15, 0.2) is 24.5 Å². The second-order valence-electron chi connectivity index (χ2n) is 6.63. The molecule has 2 rings (SSSR count). The molecule has 0 unspecified atom stereocenters. The van der Waals surface area contributed by atoms with E-state index in [4.69, 9.17) is 0 Å². The molecular weight excluding hydrogens is 250 g/mol. The van der Waals surface area contributed by atoms with Gasteiger partial charge < -0.3 is 5.32 Å². The number of aromatic nitrogens is 1.